The molecule has 1 aliphatic rings. The summed E-state index contributed by atoms with van der Waals surface area (Å²) in [6.45, 7) is 6.66. The lowest BCUT2D eigenvalue weighted by atomic mass is 10.00. The number of rotatable bonds is 3. The molecule has 0 spiro atoms. The molecule has 2 unspecified atom stereocenters. The molecule has 1 heterocycles. The van der Waals surface area contributed by atoms with Gasteiger partial charge in [-0.1, -0.05) is 20.3 Å². The van der Waals surface area contributed by atoms with Gasteiger partial charge in [0.2, 0.25) is 0 Å². The van der Waals surface area contributed by atoms with Crippen molar-refractivity contribution >= 4 is 0 Å². The van der Waals surface area contributed by atoms with Crippen molar-refractivity contribution in [3.63, 3.8) is 0 Å². The van der Waals surface area contributed by atoms with Crippen LogP contribution in [0.4, 0.5) is 0 Å². The molecule has 1 N–H and O–H groups in total. The van der Waals surface area contributed by atoms with Gasteiger partial charge >= 0.3 is 0 Å². The molecule has 0 aromatic carbocycles. The third-order valence-electron chi connectivity index (χ3n) is 3.34. The van der Waals surface area contributed by atoms with Gasteiger partial charge in [0, 0.05) is 11.1 Å². The van der Waals surface area contributed by atoms with Gasteiger partial charge in [-0.3, -0.25) is 5.10 Å². The van der Waals surface area contributed by atoms with Crippen LogP contribution in [0.15, 0.2) is 6.07 Å². The second kappa shape index (κ2) is 2.86. The van der Waals surface area contributed by atoms with Crippen molar-refractivity contribution in [1.82, 2.24) is 10.2 Å². The highest BCUT2D eigenvalue weighted by atomic mass is 15.1. The van der Waals surface area contributed by atoms with Crippen LogP contribution >= 0.6 is 0 Å². The second-order valence-corrected chi connectivity index (χ2v) is 4.54. The lowest BCUT2D eigenvalue weighted by Crippen LogP contribution is -2.04. The van der Waals surface area contributed by atoms with Crippen LogP contribution in [0.25, 0.3) is 0 Å². The summed E-state index contributed by atoms with van der Waals surface area (Å²) in [5.41, 5.74) is 2.84. The fourth-order valence-electron chi connectivity index (χ4n) is 2.25. The van der Waals surface area contributed by atoms with Crippen molar-refractivity contribution in [2.45, 2.75) is 45.4 Å². The molecule has 1 saturated carbocycles. The Hall–Kier alpha value is -0.790. The Labute approximate surface area is 79.7 Å². The van der Waals surface area contributed by atoms with Crippen LogP contribution in [0.3, 0.4) is 0 Å². The topological polar surface area (TPSA) is 28.7 Å². The maximum absolute atomic E-state index is 4.36. The van der Waals surface area contributed by atoms with Gasteiger partial charge in [0.1, 0.15) is 0 Å². The van der Waals surface area contributed by atoms with Gasteiger partial charge in [0.25, 0.3) is 0 Å². The first kappa shape index (κ1) is 8.79. The normalized spacial score (nSPS) is 32.1. The van der Waals surface area contributed by atoms with Crippen LogP contribution in [0.2, 0.25) is 0 Å². The molecule has 0 saturated heterocycles. The van der Waals surface area contributed by atoms with E-state index in [2.05, 4.69) is 37.0 Å². The molecule has 13 heavy (non-hydrogen) atoms. The lowest BCUT2D eigenvalue weighted by molar-refractivity contribution is 0.590. The summed E-state index contributed by atoms with van der Waals surface area (Å²) in [6.07, 6.45) is 3.97. The van der Waals surface area contributed by atoms with E-state index in [-0.39, 0.29) is 0 Å². The number of nitrogens with one attached hydrogen (secondary N) is 1. The predicted octanol–water partition coefficient (Wildman–Crippen LogP) is 2.80. The first-order valence-corrected chi connectivity index (χ1v) is 5.19. The lowest BCUT2D eigenvalue weighted by Gasteiger charge is -2.05. The maximum atomic E-state index is 4.36. The standard InChI is InChI=1S/C11H18N2/c1-4-5-9-7-11(9,3)10-6-8(2)12-13-10/h6,9H,4-5,7H2,1-3H3,(H,12,13). The molecule has 2 atom stereocenters. The summed E-state index contributed by atoms with van der Waals surface area (Å²) < 4.78 is 0. The number of hydrogen-bond acceptors (Lipinski definition) is 1. The Balaban J connectivity index is 2.11. The van der Waals surface area contributed by atoms with Crippen LogP contribution in [0.1, 0.15) is 44.5 Å². The quantitative estimate of drug-likeness (QED) is 0.757. The summed E-state index contributed by atoms with van der Waals surface area (Å²) in [4.78, 5) is 0. The van der Waals surface area contributed by atoms with Gasteiger partial charge in [0.05, 0.1) is 5.69 Å². The minimum atomic E-state index is 0.390. The van der Waals surface area contributed by atoms with E-state index in [1.165, 1.54) is 30.7 Å². The van der Waals surface area contributed by atoms with Gasteiger partial charge in [-0.15, -0.1) is 0 Å². The van der Waals surface area contributed by atoms with Crippen molar-refractivity contribution in [1.29, 1.82) is 0 Å². The van der Waals surface area contributed by atoms with Crippen molar-refractivity contribution in [2.75, 3.05) is 0 Å². The SMILES string of the molecule is CCCC1CC1(C)c1cc(C)[nH]n1. The third kappa shape index (κ3) is 1.38. The van der Waals surface area contributed by atoms with E-state index in [0.29, 0.717) is 5.41 Å². The van der Waals surface area contributed by atoms with Crippen molar-refractivity contribution in [3.05, 3.63) is 17.5 Å². The smallest absolute Gasteiger partial charge is 0.0686 e. The second-order valence-electron chi connectivity index (χ2n) is 4.54. The minimum Gasteiger partial charge on any atom is -0.283 e. The van der Waals surface area contributed by atoms with Gasteiger partial charge in [0.15, 0.2) is 0 Å². The molecule has 1 aromatic rings. The van der Waals surface area contributed by atoms with Crippen LogP contribution in [-0.4, -0.2) is 10.2 Å². The van der Waals surface area contributed by atoms with Gasteiger partial charge in [-0.25, -0.2) is 0 Å². The van der Waals surface area contributed by atoms with Gasteiger partial charge in [-0.05, 0) is 31.7 Å². The zero-order valence-corrected chi connectivity index (χ0v) is 8.72. The first-order valence-electron chi connectivity index (χ1n) is 5.19. The number of hydrogen-bond donors (Lipinski definition) is 1. The zero-order chi connectivity index (χ0) is 9.47. The van der Waals surface area contributed by atoms with Crippen LogP contribution in [-0.2, 0) is 5.41 Å². The van der Waals surface area contributed by atoms with E-state index in [9.17, 15) is 0 Å². The first-order chi connectivity index (χ1) is 6.16. The molecule has 0 radical (unpaired) electrons. The summed E-state index contributed by atoms with van der Waals surface area (Å²) in [6, 6.07) is 2.19. The van der Waals surface area contributed by atoms with Crippen LogP contribution in [0.5, 0.6) is 0 Å². The van der Waals surface area contributed by atoms with Gasteiger partial charge < -0.3 is 0 Å². The summed E-state index contributed by atoms with van der Waals surface area (Å²) in [5.74, 6) is 0.875. The summed E-state index contributed by atoms with van der Waals surface area (Å²) in [5, 5.41) is 7.38. The number of H-pyrrole nitrogens is 1. The Morgan fingerprint density at radius 2 is 2.46 bits per heavy atom. The highest BCUT2D eigenvalue weighted by Crippen LogP contribution is 2.55. The number of aromatic amines is 1. The Morgan fingerprint density at radius 1 is 1.69 bits per heavy atom. The number of nitrogens with zero attached hydrogens (tertiary/aromatic N) is 1. The zero-order valence-electron chi connectivity index (χ0n) is 8.72. The molecule has 1 aliphatic carbocycles. The molecule has 1 aromatic heterocycles. The van der Waals surface area contributed by atoms with Crippen LogP contribution in [0, 0.1) is 12.8 Å². The molecule has 1 fully saturated rings. The number of aryl methyl sites for hydroxylation is 1. The molecular weight excluding hydrogens is 160 g/mol. The van der Waals surface area contributed by atoms with Crippen molar-refractivity contribution < 1.29 is 0 Å². The fourth-order valence-corrected chi connectivity index (χ4v) is 2.25. The molecule has 2 nitrogen and oxygen atoms in total. The van der Waals surface area contributed by atoms with Crippen LogP contribution < -0.4 is 0 Å². The van der Waals surface area contributed by atoms with E-state index in [1.54, 1.807) is 0 Å². The molecule has 2 heteroatoms. The third-order valence-corrected chi connectivity index (χ3v) is 3.34. The average molecular weight is 178 g/mol. The summed E-state index contributed by atoms with van der Waals surface area (Å²) >= 11 is 0. The molecule has 0 aliphatic heterocycles. The maximum Gasteiger partial charge on any atom is 0.0686 e. The average Bonchev–Trinajstić information content (AvgIpc) is 2.57. The van der Waals surface area contributed by atoms with E-state index in [4.69, 9.17) is 0 Å². The summed E-state index contributed by atoms with van der Waals surface area (Å²) in [7, 11) is 0. The molecule has 72 valence electrons. The predicted molar refractivity (Wildman–Crippen MR) is 53.7 cm³/mol. The van der Waals surface area contributed by atoms with Gasteiger partial charge in [-0.2, -0.15) is 5.10 Å². The number of aromatic nitrogens is 2. The highest BCUT2D eigenvalue weighted by molar-refractivity contribution is 5.26. The monoisotopic (exact) mass is 178 g/mol. The van der Waals surface area contributed by atoms with E-state index in [1.807, 2.05) is 0 Å². The largest absolute Gasteiger partial charge is 0.283 e. The van der Waals surface area contributed by atoms with Crippen molar-refractivity contribution in [3.8, 4) is 0 Å². The molecular formula is C11H18N2. The Bertz CT molecular complexity index is 303. The van der Waals surface area contributed by atoms with E-state index < -0.39 is 0 Å². The Kier molecular flexibility index (Phi) is 1.94. The molecule has 0 amide bonds. The molecule has 2 rings (SSSR count). The van der Waals surface area contributed by atoms with E-state index >= 15 is 0 Å². The van der Waals surface area contributed by atoms with Crippen molar-refractivity contribution in [2.24, 2.45) is 5.92 Å². The minimum absolute atomic E-state index is 0.390. The van der Waals surface area contributed by atoms with E-state index in [0.717, 1.165) is 5.92 Å². The Morgan fingerprint density at radius 3 is 3.00 bits per heavy atom. The molecule has 0 bridgehead atoms. The highest BCUT2D eigenvalue weighted by Gasteiger charge is 2.51. The fraction of sp³-hybridized carbons (Fsp3) is 0.727.